The number of hydrogen-bond acceptors (Lipinski definition) is 0. The van der Waals surface area contributed by atoms with Gasteiger partial charge >= 0.3 is 0 Å². The predicted octanol–water partition coefficient (Wildman–Crippen LogP) is 27.1. The first-order valence-corrected chi connectivity index (χ1v) is 48.0. The Morgan fingerprint density at radius 2 is 0.600 bits per heavy atom. The van der Waals surface area contributed by atoms with Gasteiger partial charge in [0.05, 0.1) is 0 Å². The van der Waals surface area contributed by atoms with E-state index >= 15 is 0 Å². The molecule has 0 unspecified atom stereocenters. The van der Waals surface area contributed by atoms with Crippen LogP contribution in [0.25, 0.3) is 90.1 Å². The Kier molecular flexibility index (Phi) is 35.6. The summed E-state index contributed by atoms with van der Waals surface area (Å²) in [5.74, 6) is 1.28. The van der Waals surface area contributed by atoms with Crippen molar-refractivity contribution in [1.29, 1.82) is 0 Å². The summed E-state index contributed by atoms with van der Waals surface area (Å²) in [6.45, 7) is 43.3. The normalized spacial score (nSPS) is 11.6. The molecule has 0 saturated heterocycles. The number of aromatic nitrogens is 8. The lowest BCUT2D eigenvalue weighted by atomic mass is 9.88. The van der Waals surface area contributed by atoms with E-state index in [1.807, 2.05) is 68.3 Å². The second-order valence-electron chi connectivity index (χ2n) is 38.5. The molecule has 0 atom stereocenters. The number of hydrogen-bond donors (Lipinski definition) is 0. The van der Waals surface area contributed by atoms with Gasteiger partial charge in [-0.3, -0.25) is 0 Å². The first-order valence-electron chi connectivity index (χ1n) is 51.0. The summed E-state index contributed by atoms with van der Waals surface area (Å²) in [5.41, 5.74) is 44.0. The largest absolute Gasteiger partial charge is 0.215 e. The van der Waals surface area contributed by atoms with Crippen LogP contribution in [0.4, 0.5) is 0 Å². The fourth-order valence-corrected chi connectivity index (χ4v) is 17.5. The zero-order valence-electron chi connectivity index (χ0n) is 93.1. The van der Waals surface area contributed by atoms with E-state index in [4.69, 9.17) is 8.22 Å². The summed E-state index contributed by atoms with van der Waals surface area (Å²) in [4.78, 5) is 0. The molecule has 0 aliphatic rings. The topological polar surface area (TPSA) is 31.0 Å². The van der Waals surface area contributed by atoms with E-state index in [0.29, 0.717) is 28.4 Å². The molecule has 0 fully saturated rings. The Labute approximate surface area is 822 Å². The molecule has 0 aliphatic carbocycles. The van der Waals surface area contributed by atoms with Gasteiger partial charge in [0, 0.05) is 145 Å². The van der Waals surface area contributed by atoms with Crippen molar-refractivity contribution in [2.24, 2.45) is 67.7 Å². The maximum absolute atomic E-state index is 7.64. The summed E-state index contributed by atoms with van der Waals surface area (Å²) in [6, 6.07) is 93.7. The molecule has 0 radical (unpaired) electrons. The van der Waals surface area contributed by atoms with Crippen LogP contribution < -0.4 is 36.5 Å². The minimum Gasteiger partial charge on any atom is -0.201 e. The van der Waals surface area contributed by atoms with E-state index in [-0.39, 0.29) is 0 Å². The predicted molar refractivity (Wildman–Crippen MR) is 570 cm³/mol. The lowest BCUT2D eigenvalue weighted by molar-refractivity contribution is -0.661. The molecule has 0 amide bonds. The highest BCUT2D eigenvalue weighted by atomic mass is 15.0. The molecular formula is C127H158N8+8. The minimum absolute atomic E-state index is 0.331. The Morgan fingerprint density at radius 1 is 0.259 bits per heavy atom. The standard InChI is InChI=1S/C18H24N.C17H22N.2C16H20N.4C15H18N/c1-14-8-6-7-9-16(14)17-11-10-15(13-19(17)5)12-18(2,3)4;1-13(2)11-15-9-10-17(18(4)12-15)16-8-6-5-7-14(16)3;1-11-8-6-7-9-15(11)16-14(4)13(3)12(2)10-17(16)5;1-12(2)14-9-10-16(17(4)11-14)15-8-6-5-7-13(15)3;1-11-9-13(3)15(16(4)10-11)14-8-6-5-7-12(14)2;1-11-9-10-16(4)15(13(11)3)14-8-6-5-7-12(14)2;1-4-13-9-10-16(3)15(11-13)14-8-6-5-7-12(14)2;1-4-13-9-10-15(16(3)11-13)14-8-6-5-7-12(14)2/h6-11,13H,12H2,1-5H3;5-10,12-13H,11H2,1-4H3;6-10H,1-5H3;5-12H,1-4H3;2*5-10H,1-4H3;2*5-11H,4H2,1-3H3/q8*+1/i;;2D3;;1D3;;;. The van der Waals surface area contributed by atoms with Crippen LogP contribution in [-0.2, 0) is 82.1 Å². The van der Waals surface area contributed by atoms with Gasteiger partial charge in [0.25, 0.3) is 0 Å². The lowest BCUT2D eigenvalue weighted by Gasteiger charge is -2.17. The average Bonchev–Trinajstić information content (AvgIpc) is 0.769. The van der Waals surface area contributed by atoms with Gasteiger partial charge in [0.1, 0.15) is 56.4 Å². The first kappa shape index (κ1) is 96.5. The molecule has 8 aromatic heterocycles. The van der Waals surface area contributed by atoms with Gasteiger partial charge in [-0.1, -0.05) is 208 Å². The quantitative estimate of drug-likeness (QED) is 0.0972. The monoisotopic (exact) mass is 1800 g/mol. The van der Waals surface area contributed by atoms with Crippen molar-refractivity contribution in [3.63, 3.8) is 0 Å². The van der Waals surface area contributed by atoms with E-state index in [1.54, 1.807) is 18.5 Å². The van der Waals surface area contributed by atoms with Crippen molar-refractivity contribution in [2.75, 3.05) is 0 Å². The van der Waals surface area contributed by atoms with Crippen LogP contribution in [0.1, 0.15) is 188 Å². The minimum atomic E-state index is -2.07. The molecule has 16 rings (SSSR count). The van der Waals surface area contributed by atoms with Crippen molar-refractivity contribution >= 4 is 0 Å². The number of aryl methyl sites for hydroxylation is 22. The Hall–Kier alpha value is -13.0. The van der Waals surface area contributed by atoms with Crippen molar-refractivity contribution < 1.29 is 44.8 Å². The van der Waals surface area contributed by atoms with Crippen LogP contribution in [0.2, 0.25) is 0 Å². The van der Waals surface area contributed by atoms with Gasteiger partial charge in [0.15, 0.2) is 49.6 Å². The van der Waals surface area contributed by atoms with E-state index in [2.05, 4.69) is 475 Å². The second kappa shape index (κ2) is 49.8. The van der Waals surface area contributed by atoms with Crippen LogP contribution in [-0.4, -0.2) is 0 Å². The maximum Gasteiger partial charge on any atom is 0.215 e. The smallest absolute Gasteiger partial charge is 0.201 e. The molecule has 0 N–H and O–H groups in total. The number of benzene rings is 8. The molecular weight excluding hydrogens is 1640 g/mol. The number of nitrogens with zero attached hydrogens (tertiary/aromatic N) is 8. The molecule has 0 saturated carbocycles. The third-order valence-corrected chi connectivity index (χ3v) is 25.4. The van der Waals surface area contributed by atoms with Gasteiger partial charge in [-0.05, 0) is 287 Å². The highest BCUT2D eigenvalue weighted by Crippen LogP contribution is 2.32. The van der Waals surface area contributed by atoms with E-state index < -0.39 is 13.7 Å². The fourth-order valence-electron chi connectivity index (χ4n) is 17.5. The van der Waals surface area contributed by atoms with Gasteiger partial charge in [-0.15, -0.1) is 0 Å². The van der Waals surface area contributed by atoms with Crippen LogP contribution in [0.3, 0.4) is 0 Å². The van der Waals surface area contributed by atoms with Gasteiger partial charge in [0.2, 0.25) is 45.6 Å². The molecule has 135 heavy (non-hydrogen) atoms. The zero-order chi connectivity index (χ0) is 104. The average molecular weight is 1800 g/mol. The van der Waals surface area contributed by atoms with E-state index in [1.165, 1.54) is 151 Å². The Balaban J connectivity index is 0.000000180. The molecule has 0 bridgehead atoms. The molecule has 0 spiro atoms. The zero-order valence-corrected chi connectivity index (χ0v) is 87.1. The summed E-state index contributed by atoms with van der Waals surface area (Å²) in [5, 5.41) is 0. The highest BCUT2D eigenvalue weighted by molar-refractivity contribution is 5.69. The molecule has 8 heterocycles. The first-order chi connectivity index (χ1) is 66.6. The number of rotatable bonds is 14. The van der Waals surface area contributed by atoms with Gasteiger partial charge < -0.3 is 0 Å². The van der Waals surface area contributed by atoms with Crippen molar-refractivity contribution in [2.45, 2.75) is 198 Å². The SMILES string of the molecule is CCc1cc[n+](C)c(-c2ccccc2C)c1.CCc1ccc(-c2ccccc2C)[n+](C)c1.Cc1ccccc1-c1c(C)c(C)cc[n+]1C.Cc1ccccc1-c1ccc(C(C)C)c[n+]1C.Cc1ccccc1-c1ccc(CC(C)(C)C)c[n+]1C.Cc1ccccc1-c1ccc(CC(C)C)c[n+]1C.[2H]C([2H])([2H])c1c[n+](C)c(-c2ccccc2C)c(C)c1C.[2H]C([2H])([2H])c1cc(C)c(-c2ccccc2C)[n+](C)c1. The summed E-state index contributed by atoms with van der Waals surface area (Å²) in [6.07, 6.45) is 21.1. The number of pyridine rings is 8. The van der Waals surface area contributed by atoms with Crippen LogP contribution in [0.15, 0.2) is 316 Å². The van der Waals surface area contributed by atoms with Gasteiger partial charge in [-0.2, -0.15) is 0 Å². The molecule has 8 aromatic carbocycles. The lowest BCUT2D eigenvalue weighted by Crippen LogP contribution is -2.33. The van der Waals surface area contributed by atoms with Crippen molar-refractivity contribution in [3.8, 4) is 90.1 Å². The summed E-state index contributed by atoms with van der Waals surface area (Å²) >= 11 is 0. The fraction of sp³-hybridized carbons (Fsp3) is 0.307. The molecule has 8 nitrogen and oxygen atoms in total. The molecule has 0 aliphatic heterocycles. The maximum atomic E-state index is 7.64. The second-order valence-corrected chi connectivity index (χ2v) is 38.5. The third kappa shape index (κ3) is 29.2. The van der Waals surface area contributed by atoms with Crippen LogP contribution in [0, 0.1) is 115 Å². The molecule has 16 aromatic rings. The van der Waals surface area contributed by atoms with E-state index in [9.17, 15) is 0 Å². The van der Waals surface area contributed by atoms with Gasteiger partial charge in [-0.25, -0.2) is 36.5 Å². The Morgan fingerprint density at radius 3 is 0.963 bits per heavy atom. The summed E-state index contributed by atoms with van der Waals surface area (Å²) in [7, 11) is 16.5. The molecule has 698 valence electrons. The highest BCUT2D eigenvalue weighted by Gasteiger charge is 2.24. The van der Waals surface area contributed by atoms with Crippen LogP contribution in [0.5, 0.6) is 0 Å². The van der Waals surface area contributed by atoms with Crippen molar-refractivity contribution in [3.05, 3.63) is 428 Å². The van der Waals surface area contributed by atoms with Crippen LogP contribution >= 0.6 is 0 Å². The van der Waals surface area contributed by atoms with Crippen molar-refractivity contribution in [1.82, 2.24) is 0 Å². The third-order valence-electron chi connectivity index (χ3n) is 25.4. The molecule has 8 heteroatoms. The van der Waals surface area contributed by atoms with E-state index in [0.717, 1.165) is 64.9 Å². The Bertz CT molecular complexity index is 6900. The summed E-state index contributed by atoms with van der Waals surface area (Å²) < 4.78 is 62.6.